The molecule has 0 saturated heterocycles. The van der Waals surface area contributed by atoms with Crippen molar-refractivity contribution >= 4 is 11.5 Å². The van der Waals surface area contributed by atoms with Gasteiger partial charge in [-0.3, -0.25) is 0 Å². The molecule has 0 aliphatic heterocycles. The molecule has 22 heavy (non-hydrogen) atoms. The summed E-state index contributed by atoms with van der Waals surface area (Å²) in [5.41, 5.74) is 0.153. The summed E-state index contributed by atoms with van der Waals surface area (Å²) in [5, 5.41) is 16.3. The Bertz CT molecular complexity index is 769. The Morgan fingerprint density at radius 3 is 2.55 bits per heavy atom. The molecule has 0 bridgehead atoms. The first-order chi connectivity index (χ1) is 10.5. The van der Waals surface area contributed by atoms with Gasteiger partial charge in [-0.1, -0.05) is 18.2 Å². The van der Waals surface area contributed by atoms with Crippen LogP contribution < -0.4 is 5.32 Å². The SMILES string of the molecule is FC(F)(F)c1cccc(Nc2ccccc2-c2nn[nH]n2)n1. The lowest BCUT2D eigenvalue weighted by Gasteiger charge is -2.11. The third-order valence-corrected chi connectivity index (χ3v) is 2.82. The monoisotopic (exact) mass is 306 g/mol. The van der Waals surface area contributed by atoms with Crippen molar-refractivity contribution in [1.29, 1.82) is 0 Å². The number of hydrogen-bond donors (Lipinski definition) is 2. The molecule has 112 valence electrons. The fraction of sp³-hybridized carbons (Fsp3) is 0.0769. The predicted molar refractivity (Wildman–Crippen MR) is 72.1 cm³/mol. The molecule has 0 radical (unpaired) electrons. The number of pyridine rings is 1. The van der Waals surface area contributed by atoms with E-state index >= 15 is 0 Å². The summed E-state index contributed by atoms with van der Waals surface area (Å²) in [6.07, 6.45) is -4.50. The summed E-state index contributed by atoms with van der Waals surface area (Å²) in [7, 11) is 0. The number of aromatic amines is 1. The molecular weight excluding hydrogens is 297 g/mol. The van der Waals surface area contributed by atoms with Crippen molar-refractivity contribution in [1.82, 2.24) is 25.6 Å². The highest BCUT2D eigenvalue weighted by atomic mass is 19.4. The van der Waals surface area contributed by atoms with E-state index in [4.69, 9.17) is 0 Å². The van der Waals surface area contributed by atoms with Crippen LogP contribution in [0.25, 0.3) is 11.4 Å². The van der Waals surface area contributed by atoms with Gasteiger partial charge in [0.15, 0.2) is 0 Å². The van der Waals surface area contributed by atoms with Crippen LogP contribution in [0.5, 0.6) is 0 Å². The number of anilines is 2. The van der Waals surface area contributed by atoms with Gasteiger partial charge in [0.25, 0.3) is 0 Å². The molecule has 1 aromatic carbocycles. The van der Waals surface area contributed by atoms with Gasteiger partial charge >= 0.3 is 6.18 Å². The van der Waals surface area contributed by atoms with E-state index in [0.29, 0.717) is 17.1 Å². The van der Waals surface area contributed by atoms with Crippen LogP contribution in [-0.4, -0.2) is 25.6 Å². The van der Waals surface area contributed by atoms with Crippen LogP contribution in [0.4, 0.5) is 24.7 Å². The molecule has 0 fully saturated rings. The number of benzene rings is 1. The van der Waals surface area contributed by atoms with E-state index in [9.17, 15) is 13.2 Å². The quantitative estimate of drug-likeness (QED) is 0.777. The molecule has 9 heteroatoms. The second-order valence-electron chi connectivity index (χ2n) is 4.31. The molecule has 2 aromatic heterocycles. The van der Waals surface area contributed by atoms with E-state index in [1.807, 2.05) is 0 Å². The Morgan fingerprint density at radius 1 is 1.00 bits per heavy atom. The normalized spacial score (nSPS) is 11.4. The number of rotatable bonds is 3. The third kappa shape index (κ3) is 2.87. The van der Waals surface area contributed by atoms with Crippen LogP contribution in [0.2, 0.25) is 0 Å². The average Bonchev–Trinajstić information content (AvgIpc) is 3.01. The highest BCUT2D eigenvalue weighted by molar-refractivity contribution is 5.76. The standard InChI is InChI=1S/C13H9F3N6/c14-13(15,16)10-6-3-7-11(18-10)17-9-5-2-1-4-8(9)12-19-21-22-20-12/h1-7H,(H,17,18)(H,19,20,21,22). The van der Waals surface area contributed by atoms with Gasteiger partial charge in [0, 0.05) is 5.56 Å². The molecule has 0 atom stereocenters. The molecule has 0 unspecified atom stereocenters. The summed E-state index contributed by atoms with van der Waals surface area (Å²) in [4.78, 5) is 3.56. The molecule has 3 rings (SSSR count). The van der Waals surface area contributed by atoms with E-state index in [1.165, 1.54) is 12.1 Å². The number of aromatic nitrogens is 5. The Kier molecular flexibility index (Phi) is 3.45. The van der Waals surface area contributed by atoms with Crippen LogP contribution >= 0.6 is 0 Å². The van der Waals surface area contributed by atoms with Gasteiger partial charge in [-0.05, 0) is 29.5 Å². The second kappa shape index (κ2) is 5.43. The Labute approximate surface area is 122 Å². The van der Waals surface area contributed by atoms with Gasteiger partial charge in [0.2, 0.25) is 5.82 Å². The number of alkyl halides is 3. The van der Waals surface area contributed by atoms with Gasteiger partial charge in [0.05, 0.1) is 5.69 Å². The number of halogens is 3. The van der Waals surface area contributed by atoms with E-state index in [1.54, 1.807) is 24.3 Å². The van der Waals surface area contributed by atoms with Crippen LogP contribution in [0, 0.1) is 0 Å². The highest BCUT2D eigenvalue weighted by Crippen LogP contribution is 2.30. The molecular formula is C13H9F3N6. The molecule has 6 nitrogen and oxygen atoms in total. The van der Waals surface area contributed by atoms with Crippen molar-refractivity contribution in [3.05, 3.63) is 48.2 Å². The first-order valence-corrected chi connectivity index (χ1v) is 6.18. The molecule has 0 saturated carbocycles. The topological polar surface area (TPSA) is 79.4 Å². The summed E-state index contributed by atoms with van der Waals surface area (Å²) >= 11 is 0. The maximum atomic E-state index is 12.7. The third-order valence-electron chi connectivity index (χ3n) is 2.82. The van der Waals surface area contributed by atoms with Crippen molar-refractivity contribution in [3.63, 3.8) is 0 Å². The highest BCUT2D eigenvalue weighted by Gasteiger charge is 2.32. The number of tetrazole rings is 1. The van der Waals surface area contributed by atoms with Gasteiger partial charge in [-0.25, -0.2) is 4.98 Å². The number of H-pyrrole nitrogens is 1. The fourth-order valence-electron chi connectivity index (χ4n) is 1.86. The van der Waals surface area contributed by atoms with E-state index in [-0.39, 0.29) is 5.82 Å². The molecule has 0 aliphatic carbocycles. The number of nitrogens with zero attached hydrogens (tertiary/aromatic N) is 4. The molecule has 2 N–H and O–H groups in total. The summed E-state index contributed by atoms with van der Waals surface area (Å²) < 4.78 is 38.1. The van der Waals surface area contributed by atoms with Crippen molar-refractivity contribution in [2.75, 3.05) is 5.32 Å². The Balaban J connectivity index is 1.95. The molecule has 2 heterocycles. The van der Waals surface area contributed by atoms with E-state index in [0.717, 1.165) is 6.07 Å². The number of para-hydroxylation sites is 1. The number of hydrogen-bond acceptors (Lipinski definition) is 5. The number of nitrogens with one attached hydrogen (secondary N) is 2. The first kappa shape index (κ1) is 14.0. The lowest BCUT2D eigenvalue weighted by Crippen LogP contribution is -2.09. The summed E-state index contributed by atoms with van der Waals surface area (Å²) in [6.45, 7) is 0. The zero-order valence-corrected chi connectivity index (χ0v) is 11.0. The minimum absolute atomic E-state index is 0.0748. The van der Waals surface area contributed by atoms with E-state index in [2.05, 4.69) is 30.9 Å². The Morgan fingerprint density at radius 2 is 1.82 bits per heavy atom. The zero-order valence-electron chi connectivity index (χ0n) is 11.0. The second-order valence-corrected chi connectivity index (χ2v) is 4.31. The van der Waals surface area contributed by atoms with Crippen LogP contribution in [-0.2, 0) is 6.18 Å². The van der Waals surface area contributed by atoms with Crippen LogP contribution in [0.3, 0.4) is 0 Å². The minimum Gasteiger partial charge on any atom is -0.340 e. The minimum atomic E-state index is -4.50. The average molecular weight is 306 g/mol. The largest absolute Gasteiger partial charge is 0.433 e. The lowest BCUT2D eigenvalue weighted by molar-refractivity contribution is -0.141. The maximum absolute atomic E-state index is 12.7. The van der Waals surface area contributed by atoms with Crippen LogP contribution in [0.15, 0.2) is 42.5 Å². The zero-order chi connectivity index (χ0) is 15.6. The molecule has 0 spiro atoms. The smallest absolute Gasteiger partial charge is 0.340 e. The van der Waals surface area contributed by atoms with E-state index < -0.39 is 11.9 Å². The first-order valence-electron chi connectivity index (χ1n) is 6.18. The summed E-state index contributed by atoms with van der Waals surface area (Å²) in [5.74, 6) is 0.404. The van der Waals surface area contributed by atoms with Gasteiger partial charge < -0.3 is 5.32 Å². The van der Waals surface area contributed by atoms with Gasteiger partial charge in [-0.15, -0.1) is 10.2 Å². The van der Waals surface area contributed by atoms with Crippen molar-refractivity contribution in [3.8, 4) is 11.4 Å². The van der Waals surface area contributed by atoms with Gasteiger partial charge in [0.1, 0.15) is 11.5 Å². The maximum Gasteiger partial charge on any atom is 0.433 e. The van der Waals surface area contributed by atoms with Gasteiger partial charge in [-0.2, -0.15) is 18.4 Å². The molecule has 0 aliphatic rings. The fourth-order valence-corrected chi connectivity index (χ4v) is 1.86. The van der Waals surface area contributed by atoms with Crippen molar-refractivity contribution in [2.45, 2.75) is 6.18 Å². The van der Waals surface area contributed by atoms with Crippen LogP contribution in [0.1, 0.15) is 5.69 Å². The molecule has 3 aromatic rings. The Hall–Kier alpha value is -2.97. The lowest BCUT2D eigenvalue weighted by atomic mass is 10.1. The van der Waals surface area contributed by atoms with Crippen molar-refractivity contribution in [2.24, 2.45) is 0 Å². The predicted octanol–water partition coefficient (Wildman–Crippen LogP) is 3.02. The van der Waals surface area contributed by atoms with Crippen molar-refractivity contribution < 1.29 is 13.2 Å². The molecule has 0 amide bonds. The summed E-state index contributed by atoms with van der Waals surface area (Å²) in [6, 6.07) is 10.6.